The van der Waals surface area contributed by atoms with E-state index in [1.165, 1.54) is 18.2 Å². The monoisotopic (exact) mass is 322 g/mol. The average Bonchev–Trinajstić information content (AvgIpc) is 2.51. The normalized spacial score (nSPS) is 16.5. The number of allylic oxidation sites excluding steroid dienone is 5. The molecule has 0 saturated heterocycles. The molecule has 1 aliphatic rings. The molecular formula is C18H17F3O2. The van der Waals surface area contributed by atoms with Crippen LogP contribution < -0.4 is 0 Å². The maximum Gasteiger partial charge on any atom is 0.416 e. The van der Waals surface area contributed by atoms with Gasteiger partial charge in [-0.25, -0.2) is 4.79 Å². The Morgan fingerprint density at radius 3 is 2.35 bits per heavy atom. The van der Waals surface area contributed by atoms with Gasteiger partial charge in [0.2, 0.25) is 0 Å². The molecule has 0 atom stereocenters. The van der Waals surface area contributed by atoms with Gasteiger partial charge in [-0.15, -0.1) is 0 Å². The zero-order valence-electron chi connectivity index (χ0n) is 12.4. The van der Waals surface area contributed by atoms with Crippen LogP contribution in [-0.2, 0) is 11.0 Å². The molecule has 0 radical (unpaired) electrons. The number of halogens is 3. The number of carbonyl (C=O) groups is 1. The van der Waals surface area contributed by atoms with Crippen LogP contribution in [0.1, 0.15) is 36.8 Å². The Hall–Kier alpha value is -2.30. The summed E-state index contributed by atoms with van der Waals surface area (Å²) < 4.78 is 38.0. The van der Waals surface area contributed by atoms with Gasteiger partial charge in [-0.1, -0.05) is 30.4 Å². The number of benzene rings is 1. The SMILES string of the molecule is O=C(O)C=CC=C(C1=CCCCC1)c1ccc(C(F)(F)F)cc1. The van der Waals surface area contributed by atoms with Gasteiger partial charge in [0.15, 0.2) is 0 Å². The molecule has 0 fully saturated rings. The minimum atomic E-state index is -4.37. The predicted octanol–water partition coefficient (Wildman–Crippen LogP) is 5.23. The standard InChI is InChI=1S/C18H17F3O2/c19-18(20,21)15-11-9-14(10-12-15)16(7-4-8-17(22)23)13-5-2-1-3-6-13/h4-5,7-12H,1-3,6H2,(H,22,23). The number of hydrogen-bond donors (Lipinski definition) is 1. The van der Waals surface area contributed by atoms with Gasteiger partial charge >= 0.3 is 12.1 Å². The molecule has 5 heteroatoms. The Bertz CT molecular complexity index is 650. The summed E-state index contributed by atoms with van der Waals surface area (Å²) >= 11 is 0. The fourth-order valence-electron chi connectivity index (χ4n) is 2.54. The summed E-state index contributed by atoms with van der Waals surface area (Å²) in [6, 6.07) is 4.96. The first-order valence-electron chi connectivity index (χ1n) is 7.36. The van der Waals surface area contributed by atoms with Gasteiger partial charge in [0.25, 0.3) is 0 Å². The number of rotatable bonds is 4. The number of alkyl halides is 3. The van der Waals surface area contributed by atoms with Crippen molar-refractivity contribution in [3.8, 4) is 0 Å². The van der Waals surface area contributed by atoms with Crippen molar-refractivity contribution < 1.29 is 23.1 Å². The van der Waals surface area contributed by atoms with Crippen molar-refractivity contribution in [3.63, 3.8) is 0 Å². The van der Waals surface area contributed by atoms with Crippen molar-refractivity contribution >= 4 is 11.5 Å². The molecule has 1 N–H and O–H groups in total. The third kappa shape index (κ3) is 4.84. The van der Waals surface area contributed by atoms with Crippen LogP contribution in [0.2, 0.25) is 0 Å². The number of hydrogen-bond acceptors (Lipinski definition) is 1. The largest absolute Gasteiger partial charge is 0.478 e. The fourth-order valence-corrected chi connectivity index (χ4v) is 2.54. The molecule has 0 aliphatic heterocycles. The lowest BCUT2D eigenvalue weighted by molar-refractivity contribution is -0.137. The van der Waals surface area contributed by atoms with E-state index in [0.717, 1.165) is 55.0 Å². The van der Waals surface area contributed by atoms with E-state index in [1.54, 1.807) is 6.08 Å². The summed E-state index contributed by atoms with van der Waals surface area (Å²) in [6.45, 7) is 0. The third-order valence-corrected chi connectivity index (χ3v) is 3.66. The summed E-state index contributed by atoms with van der Waals surface area (Å²) in [5.74, 6) is -1.06. The summed E-state index contributed by atoms with van der Waals surface area (Å²) in [4.78, 5) is 10.6. The first-order chi connectivity index (χ1) is 10.9. The number of aliphatic carboxylic acids is 1. The van der Waals surface area contributed by atoms with E-state index in [0.29, 0.717) is 5.56 Å². The molecule has 0 saturated carbocycles. The lowest BCUT2D eigenvalue weighted by Gasteiger charge is -2.17. The van der Waals surface area contributed by atoms with Crippen LogP contribution in [0, 0.1) is 0 Å². The van der Waals surface area contributed by atoms with Crippen molar-refractivity contribution in [2.45, 2.75) is 31.9 Å². The minimum Gasteiger partial charge on any atom is -0.478 e. The predicted molar refractivity (Wildman–Crippen MR) is 82.7 cm³/mol. The van der Waals surface area contributed by atoms with E-state index in [9.17, 15) is 18.0 Å². The molecule has 0 heterocycles. The second-order valence-electron chi connectivity index (χ2n) is 5.33. The average molecular weight is 322 g/mol. The highest BCUT2D eigenvalue weighted by molar-refractivity contribution is 5.83. The first-order valence-corrected chi connectivity index (χ1v) is 7.36. The van der Waals surface area contributed by atoms with Crippen LogP contribution in [-0.4, -0.2) is 11.1 Å². The highest BCUT2D eigenvalue weighted by Gasteiger charge is 2.30. The van der Waals surface area contributed by atoms with E-state index >= 15 is 0 Å². The van der Waals surface area contributed by atoms with Crippen molar-refractivity contribution in [1.29, 1.82) is 0 Å². The second kappa shape index (κ2) is 7.31. The van der Waals surface area contributed by atoms with Crippen molar-refractivity contribution in [3.05, 3.63) is 65.3 Å². The Kier molecular flexibility index (Phi) is 5.42. The lowest BCUT2D eigenvalue weighted by atomic mass is 9.89. The van der Waals surface area contributed by atoms with Crippen LogP contribution in [0.25, 0.3) is 5.57 Å². The molecular weight excluding hydrogens is 305 g/mol. The summed E-state index contributed by atoms with van der Waals surface area (Å²) in [5.41, 5.74) is 1.78. The van der Waals surface area contributed by atoms with E-state index in [-0.39, 0.29) is 0 Å². The Morgan fingerprint density at radius 2 is 1.83 bits per heavy atom. The van der Waals surface area contributed by atoms with Crippen molar-refractivity contribution in [1.82, 2.24) is 0 Å². The molecule has 23 heavy (non-hydrogen) atoms. The van der Waals surface area contributed by atoms with E-state index in [2.05, 4.69) is 6.08 Å². The van der Waals surface area contributed by atoms with Gasteiger partial charge in [0.1, 0.15) is 0 Å². The van der Waals surface area contributed by atoms with Gasteiger partial charge in [-0.05, 0) is 54.5 Å². The highest BCUT2D eigenvalue weighted by Crippen LogP contribution is 2.34. The molecule has 1 aromatic carbocycles. The molecule has 2 rings (SSSR count). The Balaban J connectivity index is 2.37. The topological polar surface area (TPSA) is 37.3 Å². The van der Waals surface area contributed by atoms with E-state index < -0.39 is 17.7 Å². The van der Waals surface area contributed by atoms with Crippen LogP contribution >= 0.6 is 0 Å². The van der Waals surface area contributed by atoms with E-state index in [4.69, 9.17) is 5.11 Å². The van der Waals surface area contributed by atoms with Gasteiger partial charge in [0, 0.05) is 6.08 Å². The minimum absolute atomic E-state index is 0.654. The number of carboxylic acids is 1. The maximum absolute atomic E-state index is 12.7. The molecule has 0 spiro atoms. The van der Waals surface area contributed by atoms with Crippen molar-refractivity contribution in [2.24, 2.45) is 0 Å². The molecule has 0 amide bonds. The molecule has 0 aromatic heterocycles. The molecule has 0 unspecified atom stereocenters. The van der Waals surface area contributed by atoms with Crippen LogP contribution in [0.3, 0.4) is 0 Å². The zero-order valence-corrected chi connectivity index (χ0v) is 12.4. The molecule has 0 bridgehead atoms. The zero-order chi connectivity index (χ0) is 16.9. The quantitative estimate of drug-likeness (QED) is 0.609. The molecule has 2 nitrogen and oxygen atoms in total. The first kappa shape index (κ1) is 17.1. The van der Waals surface area contributed by atoms with Gasteiger partial charge in [0.05, 0.1) is 5.56 Å². The lowest BCUT2D eigenvalue weighted by Crippen LogP contribution is -2.04. The second-order valence-corrected chi connectivity index (χ2v) is 5.33. The van der Waals surface area contributed by atoms with Gasteiger partial charge in [-0.3, -0.25) is 0 Å². The Morgan fingerprint density at radius 1 is 1.13 bits per heavy atom. The maximum atomic E-state index is 12.7. The third-order valence-electron chi connectivity index (χ3n) is 3.66. The molecule has 1 aliphatic carbocycles. The fraction of sp³-hybridized carbons (Fsp3) is 0.278. The number of carboxylic acid groups (broad SMARTS) is 1. The van der Waals surface area contributed by atoms with Crippen LogP contribution in [0.15, 0.2) is 54.1 Å². The molecule has 1 aromatic rings. The van der Waals surface area contributed by atoms with Gasteiger partial charge in [-0.2, -0.15) is 13.2 Å². The summed E-state index contributed by atoms with van der Waals surface area (Å²) in [5, 5.41) is 8.68. The summed E-state index contributed by atoms with van der Waals surface area (Å²) in [6.07, 6.45) is 5.65. The van der Waals surface area contributed by atoms with Gasteiger partial charge < -0.3 is 5.11 Å². The van der Waals surface area contributed by atoms with E-state index in [1.807, 2.05) is 0 Å². The summed E-state index contributed by atoms with van der Waals surface area (Å²) in [7, 11) is 0. The van der Waals surface area contributed by atoms with Crippen LogP contribution in [0.4, 0.5) is 13.2 Å². The van der Waals surface area contributed by atoms with Crippen molar-refractivity contribution in [2.75, 3.05) is 0 Å². The smallest absolute Gasteiger partial charge is 0.416 e. The molecule has 122 valence electrons. The highest BCUT2D eigenvalue weighted by atomic mass is 19.4. The Labute approximate surface area is 132 Å². The van der Waals surface area contributed by atoms with Crippen LogP contribution in [0.5, 0.6) is 0 Å².